The Morgan fingerprint density at radius 2 is 2.03 bits per heavy atom. The van der Waals surface area contributed by atoms with Crippen LogP contribution in [0.25, 0.3) is 5.65 Å². The van der Waals surface area contributed by atoms with Gasteiger partial charge in [-0.25, -0.2) is 4.99 Å². The number of piperidine rings is 1. The predicted octanol–water partition coefficient (Wildman–Crippen LogP) is 3.35. The molecule has 2 aliphatic heterocycles. The number of amides is 1. The lowest BCUT2D eigenvalue weighted by Crippen LogP contribution is -2.46. The predicted molar refractivity (Wildman–Crippen MR) is 126 cm³/mol. The molecule has 4 heterocycles. The number of amidine groups is 1. The molecule has 2 fully saturated rings. The third-order valence-corrected chi connectivity index (χ3v) is 7.33. The highest BCUT2D eigenvalue weighted by Crippen LogP contribution is 2.29. The fraction of sp³-hybridized carbons (Fsp3) is 0.429. The van der Waals surface area contributed by atoms with Gasteiger partial charge >= 0.3 is 0 Å². The normalized spacial score (nSPS) is 19.1. The Morgan fingerprint density at radius 3 is 2.84 bits per heavy atom. The number of benzene rings is 1. The smallest absolute Gasteiger partial charge is 0.231 e. The van der Waals surface area contributed by atoms with Gasteiger partial charge in [0, 0.05) is 36.3 Å². The molecular formula is C21H23ClN8OS. The molecule has 166 valence electrons. The summed E-state index contributed by atoms with van der Waals surface area (Å²) in [7, 11) is 0. The molecule has 3 aromatic rings. The summed E-state index contributed by atoms with van der Waals surface area (Å²) in [6.45, 7) is 4.20. The van der Waals surface area contributed by atoms with Crippen LogP contribution >= 0.6 is 23.4 Å². The first-order chi connectivity index (χ1) is 15.6. The van der Waals surface area contributed by atoms with Crippen LogP contribution < -0.4 is 4.90 Å². The topological polar surface area (TPSA) is 91.9 Å². The van der Waals surface area contributed by atoms with Crippen molar-refractivity contribution in [2.45, 2.75) is 26.2 Å². The van der Waals surface area contributed by atoms with Crippen molar-refractivity contribution in [3.63, 3.8) is 0 Å². The summed E-state index contributed by atoms with van der Waals surface area (Å²) < 4.78 is 1.43. The van der Waals surface area contributed by atoms with Crippen molar-refractivity contribution >= 4 is 51.6 Å². The number of rotatable bonds is 3. The van der Waals surface area contributed by atoms with E-state index in [2.05, 4.69) is 25.5 Å². The largest absolute Gasteiger partial charge is 0.355 e. The standard InChI is InChI=1S/C21H23ClN8OS/c1-14-3-4-16(13-17(14)22)23-21-29(9-2-12-32-21)20(31)15-7-10-28(11-8-15)19-6-5-18-24-26-27-30(18)25-19/h3-6,13,15H,2,7-12H2,1H3. The summed E-state index contributed by atoms with van der Waals surface area (Å²) in [4.78, 5) is 22.2. The number of aryl methyl sites for hydroxylation is 1. The van der Waals surface area contributed by atoms with Gasteiger partial charge in [0.1, 0.15) is 0 Å². The van der Waals surface area contributed by atoms with Gasteiger partial charge in [-0.05, 0) is 66.4 Å². The fourth-order valence-electron chi connectivity index (χ4n) is 4.00. The lowest BCUT2D eigenvalue weighted by Gasteiger charge is -2.36. The van der Waals surface area contributed by atoms with Gasteiger partial charge in [0.15, 0.2) is 16.6 Å². The number of carbonyl (C=O) groups is 1. The fourth-order valence-corrected chi connectivity index (χ4v) is 5.14. The Balaban J connectivity index is 1.27. The minimum atomic E-state index is -0.0199. The Labute approximate surface area is 194 Å². The van der Waals surface area contributed by atoms with Crippen LogP contribution in [0.3, 0.4) is 0 Å². The maximum absolute atomic E-state index is 13.4. The van der Waals surface area contributed by atoms with Gasteiger partial charge in [-0.1, -0.05) is 29.4 Å². The molecule has 1 amide bonds. The number of aliphatic imine (C=N–C) groups is 1. The van der Waals surface area contributed by atoms with E-state index in [1.165, 1.54) is 4.63 Å². The Bertz CT molecular complexity index is 1170. The van der Waals surface area contributed by atoms with Gasteiger partial charge < -0.3 is 4.90 Å². The van der Waals surface area contributed by atoms with Crippen molar-refractivity contribution in [2.24, 2.45) is 10.9 Å². The molecule has 1 aromatic carbocycles. The Kier molecular flexibility index (Phi) is 5.97. The second-order valence-corrected chi connectivity index (χ2v) is 9.47. The zero-order valence-corrected chi connectivity index (χ0v) is 19.3. The second kappa shape index (κ2) is 9.03. The van der Waals surface area contributed by atoms with Gasteiger partial charge in [0.25, 0.3) is 0 Å². The lowest BCUT2D eigenvalue weighted by molar-refractivity contribution is -0.132. The van der Waals surface area contributed by atoms with Gasteiger partial charge in [-0.15, -0.1) is 14.8 Å². The number of fused-ring (bicyclic) bond motifs is 1. The molecule has 0 spiro atoms. The number of hydrogen-bond acceptors (Lipinski definition) is 8. The molecule has 0 unspecified atom stereocenters. The number of carbonyl (C=O) groups excluding carboxylic acids is 1. The molecule has 0 bridgehead atoms. The van der Waals surface area contributed by atoms with E-state index < -0.39 is 0 Å². The number of anilines is 1. The molecule has 0 aliphatic carbocycles. The molecule has 2 aromatic heterocycles. The van der Waals surface area contributed by atoms with E-state index in [-0.39, 0.29) is 11.8 Å². The zero-order chi connectivity index (χ0) is 22.1. The molecule has 11 heteroatoms. The molecule has 9 nitrogen and oxygen atoms in total. The van der Waals surface area contributed by atoms with E-state index in [0.717, 1.165) is 60.3 Å². The highest BCUT2D eigenvalue weighted by Gasteiger charge is 2.32. The third kappa shape index (κ3) is 4.29. The van der Waals surface area contributed by atoms with E-state index in [9.17, 15) is 4.79 Å². The summed E-state index contributed by atoms with van der Waals surface area (Å²) >= 11 is 7.90. The van der Waals surface area contributed by atoms with Gasteiger partial charge in [-0.2, -0.15) is 0 Å². The van der Waals surface area contributed by atoms with Gasteiger partial charge in [-0.3, -0.25) is 9.69 Å². The molecule has 0 atom stereocenters. The van der Waals surface area contributed by atoms with Gasteiger partial charge in [0.05, 0.1) is 5.69 Å². The van der Waals surface area contributed by atoms with Crippen LogP contribution in [0.15, 0.2) is 35.3 Å². The maximum atomic E-state index is 13.4. The van der Waals surface area contributed by atoms with Crippen molar-refractivity contribution in [3.05, 3.63) is 40.9 Å². The Hall–Kier alpha value is -2.72. The van der Waals surface area contributed by atoms with Crippen LogP contribution in [-0.4, -0.2) is 66.6 Å². The summed E-state index contributed by atoms with van der Waals surface area (Å²) in [6.07, 6.45) is 2.52. The zero-order valence-electron chi connectivity index (χ0n) is 17.7. The van der Waals surface area contributed by atoms with Crippen LogP contribution in [0, 0.1) is 12.8 Å². The van der Waals surface area contributed by atoms with Crippen LogP contribution in [0.5, 0.6) is 0 Å². The van der Waals surface area contributed by atoms with Gasteiger partial charge in [0.2, 0.25) is 5.91 Å². The lowest BCUT2D eigenvalue weighted by atomic mass is 9.95. The van der Waals surface area contributed by atoms with Crippen LogP contribution in [0.1, 0.15) is 24.8 Å². The number of nitrogens with zero attached hydrogens (tertiary/aromatic N) is 8. The first-order valence-corrected chi connectivity index (χ1v) is 12.0. The molecule has 2 aliphatic rings. The highest BCUT2D eigenvalue weighted by molar-refractivity contribution is 8.13. The van der Waals surface area contributed by atoms with Crippen molar-refractivity contribution in [3.8, 4) is 0 Å². The third-order valence-electron chi connectivity index (χ3n) is 5.86. The SMILES string of the molecule is Cc1ccc(N=C2SCCCN2C(=O)C2CCN(c3ccc4nnnn4n3)CC2)cc1Cl. The number of hydrogen-bond donors (Lipinski definition) is 0. The molecule has 0 radical (unpaired) electrons. The molecular weight excluding hydrogens is 448 g/mol. The van der Waals surface area contributed by atoms with Crippen molar-refractivity contribution < 1.29 is 4.79 Å². The molecule has 0 N–H and O–H groups in total. The monoisotopic (exact) mass is 470 g/mol. The second-order valence-electron chi connectivity index (χ2n) is 8.00. The van der Waals surface area contributed by atoms with E-state index >= 15 is 0 Å². The van der Waals surface area contributed by atoms with Crippen molar-refractivity contribution in [1.29, 1.82) is 0 Å². The number of tetrazole rings is 1. The number of aromatic nitrogens is 5. The van der Waals surface area contributed by atoms with E-state index in [4.69, 9.17) is 16.6 Å². The molecule has 5 rings (SSSR count). The van der Waals surface area contributed by atoms with E-state index in [0.29, 0.717) is 17.2 Å². The number of halogens is 1. The summed E-state index contributed by atoms with van der Waals surface area (Å²) in [5.74, 6) is 1.93. The summed E-state index contributed by atoms with van der Waals surface area (Å²) in [6, 6.07) is 9.53. The Morgan fingerprint density at radius 1 is 1.19 bits per heavy atom. The highest BCUT2D eigenvalue weighted by atomic mass is 35.5. The maximum Gasteiger partial charge on any atom is 0.231 e. The summed E-state index contributed by atoms with van der Waals surface area (Å²) in [5, 5.41) is 17.3. The minimum Gasteiger partial charge on any atom is -0.355 e. The van der Waals surface area contributed by atoms with Crippen LogP contribution in [-0.2, 0) is 4.79 Å². The minimum absolute atomic E-state index is 0.0199. The van der Waals surface area contributed by atoms with E-state index in [1.54, 1.807) is 11.8 Å². The van der Waals surface area contributed by atoms with E-state index in [1.807, 2.05) is 42.2 Å². The van der Waals surface area contributed by atoms with Crippen molar-refractivity contribution in [2.75, 3.05) is 30.3 Å². The molecule has 0 saturated carbocycles. The first-order valence-electron chi connectivity index (χ1n) is 10.7. The first kappa shape index (κ1) is 21.1. The van der Waals surface area contributed by atoms with Crippen LogP contribution in [0.2, 0.25) is 5.02 Å². The number of thioether (sulfide) groups is 1. The quantitative estimate of drug-likeness (QED) is 0.579. The van der Waals surface area contributed by atoms with Crippen LogP contribution in [0.4, 0.5) is 11.5 Å². The average Bonchev–Trinajstić information content (AvgIpc) is 3.29. The average molecular weight is 471 g/mol. The molecule has 32 heavy (non-hydrogen) atoms. The summed E-state index contributed by atoms with van der Waals surface area (Å²) in [5.41, 5.74) is 2.41. The van der Waals surface area contributed by atoms with Crippen molar-refractivity contribution in [1.82, 2.24) is 30.2 Å². The molecule has 2 saturated heterocycles.